The van der Waals surface area contributed by atoms with Crippen LogP contribution in [0.5, 0.6) is 0 Å². The molecule has 0 N–H and O–H groups in total. The number of aromatic carboxylic acids is 2. The fourth-order valence-electron chi connectivity index (χ4n) is 2.92. The molecule has 4 nitrogen and oxygen atoms in total. The monoisotopic (exact) mass is 246 g/mol. The smallest absolute Gasteiger partial charge is 0.0721 e. The van der Waals surface area contributed by atoms with Crippen LogP contribution in [0.25, 0.3) is 0 Å². The van der Waals surface area contributed by atoms with Gasteiger partial charge >= 0.3 is 0 Å². The number of hydrogen-bond acceptors (Lipinski definition) is 4. The van der Waals surface area contributed by atoms with Crippen molar-refractivity contribution in [3.63, 3.8) is 0 Å². The van der Waals surface area contributed by atoms with Crippen LogP contribution in [0.4, 0.5) is 0 Å². The Kier molecular flexibility index (Phi) is 2.69. The molecule has 0 aliphatic heterocycles. The summed E-state index contributed by atoms with van der Waals surface area (Å²) >= 11 is 0. The van der Waals surface area contributed by atoms with Crippen LogP contribution in [0.1, 0.15) is 68.7 Å². The first-order valence-electron chi connectivity index (χ1n) is 5.88. The van der Waals surface area contributed by atoms with E-state index in [0.717, 1.165) is 0 Å². The summed E-state index contributed by atoms with van der Waals surface area (Å²) in [4.78, 5) is 22.5. The summed E-state index contributed by atoms with van der Waals surface area (Å²) < 4.78 is 0. The lowest BCUT2D eigenvalue weighted by molar-refractivity contribution is -0.256. The number of hydrogen-bond donors (Lipinski definition) is 0. The van der Waals surface area contributed by atoms with Gasteiger partial charge < -0.3 is 19.8 Å². The molecule has 0 fully saturated rings. The van der Waals surface area contributed by atoms with E-state index in [9.17, 15) is 19.8 Å². The van der Waals surface area contributed by atoms with Crippen LogP contribution < -0.4 is 10.2 Å². The molecule has 0 radical (unpaired) electrons. The molecule has 0 spiro atoms. The Morgan fingerprint density at radius 2 is 1.11 bits per heavy atom. The average Bonchev–Trinajstić information content (AvgIpc) is 2.29. The van der Waals surface area contributed by atoms with Gasteiger partial charge in [0.2, 0.25) is 0 Å². The Balaban J connectivity index is 2.89. The SMILES string of the molecule is Cc1c(C)c(C(=O)[O-])c2c(c1C(=O)[O-])C(C)C2C. The van der Waals surface area contributed by atoms with Gasteiger partial charge in [-0.2, -0.15) is 0 Å². The van der Waals surface area contributed by atoms with Crippen LogP contribution in [-0.2, 0) is 0 Å². The van der Waals surface area contributed by atoms with Crippen molar-refractivity contribution in [2.45, 2.75) is 39.5 Å². The standard InChI is InChI=1S/C14H16O4/c1-5-6(2)10-9(5)11(13(15)16)7(3)8(4)12(10)14(17)18/h5-6H,1-4H3,(H,15,16)(H,17,18)/p-2. The highest BCUT2D eigenvalue weighted by molar-refractivity contribution is 5.98. The molecule has 1 aromatic rings. The van der Waals surface area contributed by atoms with Crippen molar-refractivity contribution < 1.29 is 19.8 Å². The quantitative estimate of drug-likeness (QED) is 0.749. The summed E-state index contributed by atoms with van der Waals surface area (Å²) in [6.07, 6.45) is 0. The molecule has 1 aliphatic carbocycles. The summed E-state index contributed by atoms with van der Waals surface area (Å²) in [5, 5.41) is 22.5. The third kappa shape index (κ3) is 1.38. The zero-order chi connectivity index (χ0) is 13.8. The second kappa shape index (κ2) is 3.83. The van der Waals surface area contributed by atoms with Crippen LogP contribution in [-0.4, -0.2) is 11.9 Å². The van der Waals surface area contributed by atoms with Crippen molar-refractivity contribution in [1.29, 1.82) is 0 Å². The van der Waals surface area contributed by atoms with Crippen molar-refractivity contribution >= 4 is 11.9 Å². The highest BCUT2D eigenvalue weighted by Crippen LogP contribution is 2.51. The third-order valence-corrected chi connectivity index (χ3v) is 4.21. The highest BCUT2D eigenvalue weighted by atomic mass is 16.4. The molecule has 0 saturated heterocycles. The van der Waals surface area contributed by atoms with E-state index in [2.05, 4.69) is 0 Å². The lowest BCUT2D eigenvalue weighted by atomic mass is 9.64. The Hall–Kier alpha value is -1.84. The molecule has 2 unspecified atom stereocenters. The molecule has 0 saturated carbocycles. The van der Waals surface area contributed by atoms with Gasteiger partial charge in [0.05, 0.1) is 11.9 Å². The zero-order valence-electron chi connectivity index (χ0n) is 10.8. The van der Waals surface area contributed by atoms with Gasteiger partial charge in [0.15, 0.2) is 0 Å². The second-order valence-electron chi connectivity index (χ2n) is 4.98. The van der Waals surface area contributed by atoms with E-state index in [1.807, 2.05) is 13.8 Å². The average molecular weight is 246 g/mol. The van der Waals surface area contributed by atoms with Crippen LogP contribution in [0.2, 0.25) is 0 Å². The maximum Gasteiger partial charge on any atom is 0.0721 e. The third-order valence-electron chi connectivity index (χ3n) is 4.21. The van der Waals surface area contributed by atoms with Crippen LogP contribution in [0.3, 0.4) is 0 Å². The first-order valence-corrected chi connectivity index (χ1v) is 5.88. The maximum absolute atomic E-state index is 11.2. The van der Waals surface area contributed by atoms with Gasteiger partial charge in [-0.05, 0) is 47.9 Å². The van der Waals surface area contributed by atoms with Crippen molar-refractivity contribution in [3.05, 3.63) is 33.4 Å². The normalized spacial score (nSPS) is 21.1. The molecule has 4 heteroatoms. The van der Waals surface area contributed by atoms with E-state index in [4.69, 9.17) is 0 Å². The highest BCUT2D eigenvalue weighted by Gasteiger charge is 2.37. The van der Waals surface area contributed by atoms with Gasteiger partial charge in [-0.15, -0.1) is 0 Å². The topological polar surface area (TPSA) is 80.3 Å². The first kappa shape index (κ1) is 12.6. The molecule has 0 amide bonds. The van der Waals surface area contributed by atoms with E-state index in [1.165, 1.54) is 0 Å². The van der Waals surface area contributed by atoms with Gasteiger partial charge in [-0.3, -0.25) is 0 Å². The Labute approximate surface area is 105 Å². The number of carboxylic acids is 2. The minimum atomic E-state index is -1.24. The zero-order valence-corrected chi connectivity index (χ0v) is 10.8. The van der Waals surface area contributed by atoms with Crippen molar-refractivity contribution in [3.8, 4) is 0 Å². The van der Waals surface area contributed by atoms with Crippen LogP contribution in [0, 0.1) is 13.8 Å². The number of rotatable bonds is 2. The van der Waals surface area contributed by atoms with Gasteiger partial charge in [-0.1, -0.05) is 13.8 Å². The molecule has 1 aromatic carbocycles. The second-order valence-corrected chi connectivity index (χ2v) is 4.98. The number of benzene rings is 1. The predicted molar refractivity (Wildman–Crippen MR) is 61.4 cm³/mol. The van der Waals surface area contributed by atoms with Crippen LogP contribution in [0.15, 0.2) is 0 Å². The Morgan fingerprint density at radius 1 is 0.833 bits per heavy atom. The predicted octanol–water partition coefficient (Wildman–Crippen LogP) is 0.251. The fourth-order valence-corrected chi connectivity index (χ4v) is 2.92. The van der Waals surface area contributed by atoms with Crippen LogP contribution >= 0.6 is 0 Å². The Morgan fingerprint density at radius 3 is 1.33 bits per heavy atom. The largest absolute Gasteiger partial charge is 0.545 e. The molecule has 0 bridgehead atoms. The van der Waals surface area contributed by atoms with Crippen molar-refractivity contribution in [1.82, 2.24) is 0 Å². The minimum Gasteiger partial charge on any atom is -0.545 e. The lowest BCUT2D eigenvalue weighted by Gasteiger charge is -2.41. The molecule has 2 rings (SSSR count). The summed E-state index contributed by atoms with van der Waals surface area (Å²) in [5.41, 5.74) is 2.43. The summed E-state index contributed by atoms with van der Waals surface area (Å²) in [7, 11) is 0. The number of fused-ring (bicyclic) bond motifs is 1. The van der Waals surface area contributed by atoms with Gasteiger partial charge in [0.25, 0.3) is 0 Å². The molecular weight excluding hydrogens is 232 g/mol. The minimum absolute atomic E-state index is 0.0327. The maximum atomic E-state index is 11.2. The molecular formula is C14H14O4-2. The van der Waals surface area contributed by atoms with E-state index >= 15 is 0 Å². The Bertz CT molecular complexity index is 521. The fraction of sp³-hybridized carbons (Fsp3) is 0.429. The number of carbonyl (C=O) groups excluding carboxylic acids is 2. The van der Waals surface area contributed by atoms with Gasteiger partial charge in [0, 0.05) is 11.1 Å². The molecule has 0 aromatic heterocycles. The molecule has 1 aliphatic rings. The molecule has 18 heavy (non-hydrogen) atoms. The lowest BCUT2D eigenvalue weighted by Crippen LogP contribution is -2.36. The molecule has 96 valence electrons. The molecule has 0 heterocycles. The van der Waals surface area contributed by atoms with Gasteiger partial charge in [0.1, 0.15) is 0 Å². The van der Waals surface area contributed by atoms with Gasteiger partial charge in [-0.25, -0.2) is 0 Å². The van der Waals surface area contributed by atoms with E-state index in [0.29, 0.717) is 22.3 Å². The summed E-state index contributed by atoms with van der Waals surface area (Å²) in [5.74, 6) is -2.42. The van der Waals surface area contributed by atoms with E-state index < -0.39 is 11.9 Å². The van der Waals surface area contributed by atoms with E-state index in [-0.39, 0.29) is 23.0 Å². The summed E-state index contributed by atoms with van der Waals surface area (Å²) in [6, 6.07) is 0. The van der Waals surface area contributed by atoms with Crippen molar-refractivity contribution in [2.75, 3.05) is 0 Å². The van der Waals surface area contributed by atoms with Crippen molar-refractivity contribution in [2.24, 2.45) is 0 Å². The number of carboxylic acid groups (broad SMARTS) is 2. The number of carbonyl (C=O) groups is 2. The van der Waals surface area contributed by atoms with E-state index in [1.54, 1.807) is 13.8 Å². The molecule has 2 atom stereocenters. The summed E-state index contributed by atoms with van der Waals surface area (Å²) in [6.45, 7) is 7.02. The first-order chi connectivity index (χ1) is 8.29.